The molecule has 0 saturated heterocycles. The standard InChI is InChI=1S/C15H20F2N4/c1-10(2)8-21-15(19-9-20-21)7-14(18-3)12-6-11(16)4-5-13(12)17/h4-6,9-10,14,18H,7-8H2,1-3H3. The van der Waals surface area contributed by atoms with Gasteiger partial charge in [0, 0.05) is 24.6 Å². The van der Waals surface area contributed by atoms with Crippen LogP contribution in [0.2, 0.25) is 0 Å². The second-order valence-electron chi connectivity index (χ2n) is 5.46. The maximum absolute atomic E-state index is 13.9. The Morgan fingerprint density at radius 2 is 2.05 bits per heavy atom. The van der Waals surface area contributed by atoms with Crippen LogP contribution in [0.5, 0.6) is 0 Å². The van der Waals surface area contributed by atoms with E-state index in [0.717, 1.165) is 24.5 Å². The van der Waals surface area contributed by atoms with Crippen molar-refractivity contribution in [2.45, 2.75) is 32.9 Å². The first kappa shape index (κ1) is 15.6. The van der Waals surface area contributed by atoms with Crippen LogP contribution in [0.4, 0.5) is 8.78 Å². The lowest BCUT2D eigenvalue weighted by Crippen LogP contribution is -2.23. The molecule has 0 radical (unpaired) electrons. The van der Waals surface area contributed by atoms with Gasteiger partial charge in [-0.25, -0.2) is 18.4 Å². The minimum atomic E-state index is -0.449. The summed E-state index contributed by atoms with van der Waals surface area (Å²) in [6.45, 7) is 4.93. The molecule has 114 valence electrons. The van der Waals surface area contributed by atoms with E-state index >= 15 is 0 Å². The van der Waals surface area contributed by atoms with E-state index in [-0.39, 0.29) is 6.04 Å². The number of rotatable bonds is 6. The molecule has 0 aliphatic heterocycles. The Bertz CT molecular complexity index is 595. The van der Waals surface area contributed by atoms with Crippen LogP contribution in [0, 0.1) is 17.6 Å². The van der Waals surface area contributed by atoms with E-state index in [1.807, 2.05) is 4.68 Å². The van der Waals surface area contributed by atoms with E-state index in [9.17, 15) is 8.78 Å². The Morgan fingerprint density at radius 1 is 1.29 bits per heavy atom. The zero-order chi connectivity index (χ0) is 15.4. The van der Waals surface area contributed by atoms with Gasteiger partial charge in [-0.3, -0.25) is 0 Å². The molecule has 0 amide bonds. The minimum absolute atomic E-state index is 0.302. The molecule has 0 aliphatic rings. The number of likely N-dealkylation sites (N-methyl/N-ethyl adjacent to an activating group) is 1. The number of halogens is 2. The average molecular weight is 294 g/mol. The Labute approximate surface area is 123 Å². The monoisotopic (exact) mass is 294 g/mol. The van der Waals surface area contributed by atoms with Crippen molar-refractivity contribution in [1.29, 1.82) is 0 Å². The first-order valence-corrected chi connectivity index (χ1v) is 7.00. The Balaban J connectivity index is 2.23. The van der Waals surface area contributed by atoms with Gasteiger partial charge in [-0.05, 0) is 31.2 Å². The van der Waals surface area contributed by atoms with Crippen LogP contribution < -0.4 is 5.32 Å². The molecule has 1 unspecified atom stereocenters. The Hall–Kier alpha value is -1.82. The van der Waals surface area contributed by atoms with Crippen LogP contribution in [0.1, 0.15) is 31.3 Å². The maximum Gasteiger partial charge on any atom is 0.138 e. The molecule has 6 heteroatoms. The van der Waals surface area contributed by atoms with Crippen molar-refractivity contribution in [1.82, 2.24) is 20.1 Å². The van der Waals surface area contributed by atoms with Crippen LogP contribution in [-0.2, 0) is 13.0 Å². The molecular formula is C15H20F2N4. The minimum Gasteiger partial charge on any atom is -0.313 e. The summed E-state index contributed by atoms with van der Waals surface area (Å²) in [5, 5.41) is 7.20. The van der Waals surface area contributed by atoms with Crippen LogP contribution in [-0.4, -0.2) is 21.8 Å². The Morgan fingerprint density at radius 3 is 2.71 bits per heavy atom. The highest BCUT2D eigenvalue weighted by molar-refractivity contribution is 5.23. The molecule has 1 heterocycles. The predicted octanol–water partition coefficient (Wildman–Crippen LogP) is 2.72. The number of aromatic nitrogens is 3. The lowest BCUT2D eigenvalue weighted by Gasteiger charge is -2.18. The summed E-state index contributed by atoms with van der Waals surface area (Å²) in [5.41, 5.74) is 0.302. The number of nitrogens with zero attached hydrogens (tertiary/aromatic N) is 3. The third-order valence-electron chi connectivity index (χ3n) is 3.30. The van der Waals surface area contributed by atoms with Gasteiger partial charge >= 0.3 is 0 Å². The van der Waals surface area contributed by atoms with Gasteiger partial charge in [0.25, 0.3) is 0 Å². The van der Waals surface area contributed by atoms with Gasteiger partial charge in [-0.2, -0.15) is 5.10 Å². The van der Waals surface area contributed by atoms with Gasteiger partial charge in [-0.1, -0.05) is 13.8 Å². The normalized spacial score (nSPS) is 12.9. The molecule has 1 aromatic carbocycles. The van der Waals surface area contributed by atoms with Crippen LogP contribution in [0.25, 0.3) is 0 Å². The van der Waals surface area contributed by atoms with Crippen LogP contribution in [0.15, 0.2) is 24.5 Å². The van der Waals surface area contributed by atoms with Crippen LogP contribution in [0.3, 0.4) is 0 Å². The smallest absolute Gasteiger partial charge is 0.138 e. The largest absolute Gasteiger partial charge is 0.313 e. The summed E-state index contributed by atoms with van der Waals surface area (Å²) in [6.07, 6.45) is 1.94. The number of nitrogens with one attached hydrogen (secondary N) is 1. The second-order valence-corrected chi connectivity index (χ2v) is 5.46. The third kappa shape index (κ3) is 3.85. The first-order valence-electron chi connectivity index (χ1n) is 7.00. The molecule has 0 fully saturated rings. The molecular weight excluding hydrogens is 274 g/mol. The van der Waals surface area contributed by atoms with Crippen molar-refractivity contribution in [3.63, 3.8) is 0 Å². The molecule has 0 aliphatic carbocycles. The second kappa shape index (κ2) is 6.76. The fourth-order valence-corrected chi connectivity index (χ4v) is 2.28. The van der Waals surface area contributed by atoms with Gasteiger partial charge in [-0.15, -0.1) is 0 Å². The molecule has 4 nitrogen and oxygen atoms in total. The summed E-state index contributed by atoms with van der Waals surface area (Å²) in [6, 6.07) is 3.14. The average Bonchev–Trinajstić information content (AvgIpc) is 2.85. The van der Waals surface area contributed by atoms with E-state index in [2.05, 4.69) is 29.2 Å². The van der Waals surface area contributed by atoms with Crippen LogP contribution >= 0.6 is 0 Å². The predicted molar refractivity (Wildman–Crippen MR) is 76.7 cm³/mol. The fraction of sp³-hybridized carbons (Fsp3) is 0.467. The molecule has 0 bridgehead atoms. The summed E-state index contributed by atoms with van der Waals surface area (Å²) in [4.78, 5) is 4.23. The summed E-state index contributed by atoms with van der Waals surface area (Å²) in [5.74, 6) is 0.317. The summed E-state index contributed by atoms with van der Waals surface area (Å²) in [7, 11) is 1.72. The summed E-state index contributed by atoms with van der Waals surface area (Å²) >= 11 is 0. The van der Waals surface area contributed by atoms with Crippen molar-refractivity contribution in [2.24, 2.45) is 5.92 Å². The topological polar surface area (TPSA) is 42.7 Å². The van der Waals surface area contributed by atoms with E-state index in [0.29, 0.717) is 17.9 Å². The van der Waals surface area contributed by atoms with Crippen molar-refractivity contribution in [2.75, 3.05) is 7.05 Å². The number of benzene rings is 1. The van der Waals surface area contributed by atoms with Crippen molar-refractivity contribution in [3.8, 4) is 0 Å². The van der Waals surface area contributed by atoms with E-state index in [1.165, 1.54) is 12.4 Å². The van der Waals surface area contributed by atoms with Gasteiger partial charge in [0.1, 0.15) is 23.8 Å². The van der Waals surface area contributed by atoms with Gasteiger partial charge < -0.3 is 5.32 Å². The number of hydrogen-bond donors (Lipinski definition) is 1. The lowest BCUT2D eigenvalue weighted by molar-refractivity contribution is 0.446. The zero-order valence-corrected chi connectivity index (χ0v) is 12.5. The first-order chi connectivity index (χ1) is 10.0. The van der Waals surface area contributed by atoms with Gasteiger partial charge in [0.05, 0.1) is 0 Å². The van der Waals surface area contributed by atoms with E-state index < -0.39 is 11.6 Å². The van der Waals surface area contributed by atoms with Crippen molar-refractivity contribution in [3.05, 3.63) is 47.5 Å². The highest BCUT2D eigenvalue weighted by atomic mass is 19.1. The van der Waals surface area contributed by atoms with E-state index in [1.54, 1.807) is 7.05 Å². The summed E-state index contributed by atoms with van der Waals surface area (Å²) < 4.78 is 29.1. The lowest BCUT2D eigenvalue weighted by atomic mass is 10.0. The highest BCUT2D eigenvalue weighted by Crippen LogP contribution is 2.21. The molecule has 1 N–H and O–H groups in total. The molecule has 1 aromatic heterocycles. The molecule has 2 rings (SSSR count). The molecule has 0 spiro atoms. The zero-order valence-electron chi connectivity index (χ0n) is 12.5. The third-order valence-corrected chi connectivity index (χ3v) is 3.30. The van der Waals surface area contributed by atoms with E-state index in [4.69, 9.17) is 0 Å². The maximum atomic E-state index is 13.9. The SMILES string of the molecule is CNC(Cc1ncnn1CC(C)C)c1cc(F)ccc1F. The quantitative estimate of drug-likeness (QED) is 0.891. The van der Waals surface area contributed by atoms with Crippen molar-refractivity contribution < 1.29 is 8.78 Å². The molecule has 1 atom stereocenters. The molecule has 21 heavy (non-hydrogen) atoms. The molecule has 0 saturated carbocycles. The van der Waals surface area contributed by atoms with Crippen molar-refractivity contribution >= 4 is 0 Å². The van der Waals surface area contributed by atoms with Gasteiger partial charge in [0.2, 0.25) is 0 Å². The fourth-order valence-electron chi connectivity index (χ4n) is 2.28. The number of hydrogen-bond acceptors (Lipinski definition) is 3. The van der Waals surface area contributed by atoms with Gasteiger partial charge in [0.15, 0.2) is 0 Å². The Kier molecular flexibility index (Phi) is 5.01. The highest BCUT2D eigenvalue weighted by Gasteiger charge is 2.18. The molecule has 2 aromatic rings.